The number of aromatic nitrogens is 1. The van der Waals surface area contributed by atoms with Gasteiger partial charge >= 0.3 is 5.97 Å². The highest BCUT2D eigenvalue weighted by molar-refractivity contribution is 7.16. The lowest BCUT2D eigenvalue weighted by molar-refractivity contribution is -0.142. The van der Waals surface area contributed by atoms with Crippen LogP contribution in [-0.4, -0.2) is 53.9 Å². The van der Waals surface area contributed by atoms with Gasteiger partial charge in [0.05, 0.1) is 18.9 Å². The Kier molecular flexibility index (Phi) is 5.36. The van der Waals surface area contributed by atoms with E-state index in [0.29, 0.717) is 11.3 Å². The van der Waals surface area contributed by atoms with E-state index in [1.54, 1.807) is 12.1 Å². The number of thiazole rings is 1. The largest absolute Gasteiger partial charge is 0.495 e. The number of nitrogens with zero attached hydrogens (tertiary/aromatic N) is 3. The van der Waals surface area contributed by atoms with Gasteiger partial charge in [-0.1, -0.05) is 17.4 Å². The highest BCUT2D eigenvalue weighted by Gasteiger charge is 2.30. The lowest BCUT2D eigenvalue weighted by Gasteiger charge is -2.10. The molecular formula is C17H17N3O6S. The molecule has 2 aromatic rings. The average Bonchev–Trinajstić information content (AvgIpc) is 3.15. The lowest BCUT2D eigenvalue weighted by atomic mass is 10.3. The van der Waals surface area contributed by atoms with Crippen molar-refractivity contribution in [1.29, 1.82) is 0 Å². The first-order chi connectivity index (χ1) is 12.9. The monoisotopic (exact) mass is 391 g/mol. The number of amides is 3. The van der Waals surface area contributed by atoms with Gasteiger partial charge in [0.2, 0.25) is 11.8 Å². The predicted octanol–water partition coefficient (Wildman–Crippen LogP) is 0.461. The van der Waals surface area contributed by atoms with Crippen LogP contribution in [0.4, 0.5) is 0 Å². The van der Waals surface area contributed by atoms with Crippen molar-refractivity contribution >= 4 is 45.2 Å². The smallest absolute Gasteiger partial charge is 0.325 e. The highest BCUT2D eigenvalue weighted by Crippen LogP contribution is 2.27. The Morgan fingerprint density at radius 2 is 1.85 bits per heavy atom. The Morgan fingerprint density at radius 3 is 2.48 bits per heavy atom. The second-order valence-corrected chi connectivity index (χ2v) is 6.74. The van der Waals surface area contributed by atoms with E-state index < -0.39 is 18.4 Å². The third-order valence-corrected chi connectivity index (χ3v) is 5.11. The van der Waals surface area contributed by atoms with E-state index in [4.69, 9.17) is 9.47 Å². The zero-order valence-electron chi connectivity index (χ0n) is 14.8. The molecule has 0 atom stereocenters. The van der Waals surface area contributed by atoms with Crippen molar-refractivity contribution in [3.05, 3.63) is 23.0 Å². The quantitative estimate of drug-likeness (QED) is 0.541. The Morgan fingerprint density at radius 1 is 1.15 bits per heavy atom. The normalized spacial score (nSPS) is 14.9. The zero-order valence-corrected chi connectivity index (χ0v) is 15.6. The fourth-order valence-electron chi connectivity index (χ4n) is 2.76. The summed E-state index contributed by atoms with van der Waals surface area (Å²) >= 11 is 1.19. The number of methoxy groups -OCH3 is 2. The van der Waals surface area contributed by atoms with Crippen LogP contribution in [0.3, 0.4) is 0 Å². The number of carbonyl (C=O) groups is 4. The summed E-state index contributed by atoms with van der Waals surface area (Å²) in [5.74, 6) is -1.42. The summed E-state index contributed by atoms with van der Waals surface area (Å²) in [7, 11) is 2.77. The van der Waals surface area contributed by atoms with Gasteiger partial charge in [-0.25, -0.2) is 0 Å². The van der Waals surface area contributed by atoms with E-state index in [1.807, 2.05) is 6.07 Å². The van der Waals surface area contributed by atoms with Crippen LogP contribution in [0.1, 0.15) is 12.8 Å². The molecule has 10 heteroatoms. The Bertz CT molecular complexity index is 990. The molecule has 0 unspecified atom stereocenters. The lowest BCUT2D eigenvalue weighted by Crippen LogP contribution is -2.34. The summed E-state index contributed by atoms with van der Waals surface area (Å²) in [5.41, 5.74) is 0.607. The minimum Gasteiger partial charge on any atom is -0.495 e. The molecule has 0 saturated carbocycles. The molecule has 0 N–H and O–H groups in total. The van der Waals surface area contributed by atoms with Gasteiger partial charge in [-0.3, -0.25) is 24.1 Å². The third-order valence-electron chi connectivity index (χ3n) is 4.07. The topological polar surface area (TPSA) is 107 Å². The maximum Gasteiger partial charge on any atom is 0.325 e. The first kappa shape index (κ1) is 18.8. The predicted molar refractivity (Wildman–Crippen MR) is 94.9 cm³/mol. The second kappa shape index (κ2) is 7.70. The van der Waals surface area contributed by atoms with Crippen molar-refractivity contribution in [2.75, 3.05) is 20.8 Å². The summed E-state index contributed by atoms with van der Waals surface area (Å²) in [4.78, 5) is 52.7. The Labute approximate surface area is 157 Å². The molecule has 9 nitrogen and oxygen atoms in total. The molecule has 1 aliphatic heterocycles. The van der Waals surface area contributed by atoms with Gasteiger partial charge < -0.3 is 14.0 Å². The number of imide groups is 1. The van der Waals surface area contributed by atoms with Gasteiger partial charge in [-0.05, 0) is 12.1 Å². The van der Waals surface area contributed by atoms with Crippen LogP contribution < -0.4 is 9.54 Å². The van der Waals surface area contributed by atoms with E-state index >= 15 is 0 Å². The number of esters is 1. The van der Waals surface area contributed by atoms with Gasteiger partial charge in [0, 0.05) is 12.8 Å². The molecule has 1 fully saturated rings. The summed E-state index contributed by atoms with van der Waals surface area (Å²) in [6.07, 6.45) is 0.211. The summed E-state index contributed by atoms with van der Waals surface area (Å²) in [5, 5.41) is 0. The molecule has 1 aliphatic rings. The van der Waals surface area contributed by atoms with Gasteiger partial charge in [0.1, 0.15) is 24.4 Å². The number of ether oxygens (including phenoxy) is 2. The number of carbonyl (C=O) groups excluding carboxylic acids is 4. The molecule has 3 rings (SSSR count). The molecule has 1 saturated heterocycles. The van der Waals surface area contributed by atoms with Gasteiger partial charge in [-0.15, -0.1) is 0 Å². The minimum atomic E-state index is -0.650. The van der Waals surface area contributed by atoms with Gasteiger partial charge in [-0.2, -0.15) is 4.99 Å². The van der Waals surface area contributed by atoms with Crippen LogP contribution >= 0.6 is 11.3 Å². The standard InChI is InChI=1S/C17H17N3O6S/c1-25-10-4-3-5-11-16(10)20(9-15(24)26-2)17(27-11)18-12(21)8-19-13(22)6-7-14(19)23/h3-5H,6-9H2,1-2H3. The maximum atomic E-state index is 12.3. The number of benzene rings is 1. The number of fused-ring (bicyclic) bond motifs is 1. The van der Waals surface area contributed by atoms with Crippen molar-refractivity contribution in [3.63, 3.8) is 0 Å². The van der Waals surface area contributed by atoms with Crippen molar-refractivity contribution < 1.29 is 28.7 Å². The highest BCUT2D eigenvalue weighted by atomic mass is 32.1. The van der Waals surface area contributed by atoms with Crippen LogP contribution in [0.15, 0.2) is 23.2 Å². The molecular weight excluding hydrogens is 374 g/mol. The van der Waals surface area contributed by atoms with Gasteiger partial charge in [0.15, 0.2) is 4.80 Å². The van der Waals surface area contributed by atoms with Crippen LogP contribution in [0.25, 0.3) is 10.2 Å². The van der Waals surface area contributed by atoms with Crippen LogP contribution in [0, 0.1) is 0 Å². The fraction of sp³-hybridized carbons (Fsp3) is 0.353. The molecule has 1 aromatic heterocycles. The third kappa shape index (κ3) is 3.75. The van der Waals surface area contributed by atoms with Crippen LogP contribution in [0.5, 0.6) is 5.75 Å². The first-order valence-corrected chi connectivity index (χ1v) is 8.90. The molecule has 2 heterocycles. The Hall–Kier alpha value is -3.01. The number of para-hydroxylation sites is 1. The summed E-state index contributed by atoms with van der Waals surface area (Å²) in [6.45, 7) is -0.578. The molecule has 0 spiro atoms. The molecule has 0 aliphatic carbocycles. The number of rotatable bonds is 5. The van der Waals surface area contributed by atoms with E-state index in [1.165, 1.54) is 30.1 Å². The molecule has 3 amide bonds. The minimum absolute atomic E-state index is 0.106. The van der Waals surface area contributed by atoms with E-state index in [9.17, 15) is 19.2 Å². The molecule has 142 valence electrons. The summed E-state index contributed by atoms with van der Waals surface area (Å²) < 4.78 is 12.4. The fourth-order valence-corrected chi connectivity index (χ4v) is 3.83. The second-order valence-electron chi connectivity index (χ2n) is 5.73. The first-order valence-electron chi connectivity index (χ1n) is 8.08. The van der Waals surface area contributed by atoms with E-state index in [-0.39, 0.29) is 36.0 Å². The number of likely N-dealkylation sites (tertiary alicyclic amines) is 1. The zero-order chi connectivity index (χ0) is 19.6. The van der Waals surface area contributed by atoms with Crippen molar-refractivity contribution in [2.24, 2.45) is 4.99 Å². The van der Waals surface area contributed by atoms with E-state index in [2.05, 4.69) is 4.99 Å². The van der Waals surface area contributed by atoms with Crippen LogP contribution in [-0.2, 0) is 30.5 Å². The van der Waals surface area contributed by atoms with Crippen molar-refractivity contribution in [3.8, 4) is 5.75 Å². The van der Waals surface area contributed by atoms with Crippen molar-refractivity contribution in [1.82, 2.24) is 9.47 Å². The average molecular weight is 391 g/mol. The SMILES string of the molecule is COC(=O)Cn1c(=NC(=O)CN2C(=O)CCC2=O)sc2cccc(OC)c21. The van der Waals surface area contributed by atoms with E-state index in [0.717, 1.165) is 9.60 Å². The maximum absolute atomic E-state index is 12.3. The molecule has 1 aromatic carbocycles. The molecule has 0 bridgehead atoms. The molecule has 0 radical (unpaired) electrons. The molecule has 27 heavy (non-hydrogen) atoms. The van der Waals surface area contributed by atoms with Gasteiger partial charge in [0.25, 0.3) is 5.91 Å². The van der Waals surface area contributed by atoms with Crippen molar-refractivity contribution in [2.45, 2.75) is 19.4 Å². The Balaban J connectivity index is 2.04. The number of hydrogen-bond acceptors (Lipinski definition) is 7. The summed E-state index contributed by atoms with van der Waals surface area (Å²) in [6, 6.07) is 5.33. The number of hydrogen-bond donors (Lipinski definition) is 0. The van der Waals surface area contributed by atoms with Crippen LogP contribution in [0.2, 0.25) is 0 Å².